The second kappa shape index (κ2) is 3.66. The molecule has 0 fully saturated rings. The summed E-state index contributed by atoms with van der Waals surface area (Å²) in [5, 5.41) is 0. The van der Waals surface area contributed by atoms with Crippen LogP contribution in [0.5, 0.6) is 0 Å². The average molecular weight is 275 g/mol. The number of benzene rings is 1. The zero-order valence-electron chi connectivity index (χ0n) is 7.61. The van der Waals surface area contributed by atoms with E-state index in [0.29, 0.717) is 6.42 Å². The molecule has 2 rings (SSSR count). The van der Waals surface area contributed by atoms with Gasteiger partial charge in [0.2, 0.25) is 0 Å². The zero-order chi connectivity index (χ0) is 10.2. The highest BCUT2D eigenvalue weighted by Gasteiger charge is 2.23. The molecule has 0 spiro atoms. The van der Waals surface area contributed by atoms with E-state index < -0.39 is 9.84 Å². The van der Waals surface area contributed by atoms with Crippen molar-refractivity contribution in [2.24, 2.45) is 0 Å². The zero-order valence-corrected chi connectivity index (χ0v) is 10.0. The first kappa shape index (κ1) is 10.2. The Morgan fingerprint density at radius 3 is 2.79 bits per heavy atom. The van der Waals surface area contributed by atoms with E-state index in [0.717, 1.165) is 11.1 Å². The van der Waals surface area contributed by atoms with Crippen LogP contribution >= 0.6 is 15.9 Å². The molecular weight excluding hydrogens is 264 g/mol. The fraction of sp³-hybridized carbons (Fsp3) is 0.400. The van der Waals surface area contributed by atoms with E-state index in [2.05, 4.69) is 15.9 Å². The quantitative estimate of drug-likeness (QED) is 0.681. The third kappa shape index (κ3) is 2.01. The number of alkyl halides is 1. The maximum atomic E-state index is 11.6. The minimum Gasteiger partial charge on any atom is -0.228 e. The highest BCUT2D eigenvalue weighted by atomic mass is 79.9. The predicted octanol–water partition coefficient (Wildman–Crippen LogP) is 2.44. The molecule has 14 heavy (non-hydrogen) atoms. The molecule has 4 heteroatoms. The monoisotopic (exact) mass is 274 g/mol. The number of hydrogen-bond donors (Lipinski definition) is 0. The lowest BCUT2D eigenvalue weighted by Crippen LogP contribution is -2.06. The minimum absolute atomic E-state index is 0.177. The molecule has 0 radical (unpaired) electrons. The molecule has 0 aliphatic carbocycles. The minimum atomic E-state index is -2.90. The van der Waals surface area contributed by atoms with Crippen LogP contribution in [0.3, 0.4) is 0 Å². The highest BCUT2D eigenvalue weighted by Crippen LogP contribution is 2.33. The fourth-order valence-electron chi connectivity index (χ4n) is 1.72. The van der Waals surface area contributed by atoms with Crippen molar-refractivity contribution in [3.63, 3.8) is 0 Å². The maximum Gasteiger partial charge on any atom is 0.154 e. The van der Waals surface area contributed by atoms with E-state index in [1.54, 1.807) is 0 Å². The molecule has 2 nitrogen and oxygen atoms in total. The van der Waals surface area contributed by atoms with Crippen molar-refractivity contribution in [2.45, 2.75) is 17.0 Å². The summed E-state index contributed by atoms with van der Waals surface area (Å²) in [6.07, 6.45) is 0.666. The van der Waals surface area contributed by atoms with E-state index >= 15 is 0 Å². The Morgan fingerprint density at radius 2 is 2.00 bits per heavy atom. The van der Waals surface area contributed by atoms with Gasteiger partial charge in [-0.1, -0.05) is 40.2 Å². The molecule has 0 saturated carbocycles. The molecular formula is C10H11BrO2S. The van der Waals surface area contributed by atoms with Crippen LogP contribution < -0.4 is 0 Å². The molecule has 1 atom stereocenters. The van der Waals surface area contributed by atoms with Crippen molar-refractivity contribution in [1.82, 2.24) is 0 Å². The number of rotatable bonds is 0. The lowest BCUT2D eigenvalue weighted by atomic mass is 10.0. The molecule has 1 aromatic carbocycles. The summed E-state index contributed by atoms with van der Waals surface area (Å²) >= 11 is 3.52. The number of fused-ring (bicyclic) bond motifs is 1. The van der Waals surface area contributed by atoms with Crippen molar-refractivity contribution < 1.29 is 8.42 Å². The van der Waals surface area contributed by atoms with Gasteiger partial charge in [0.15, 0.2) is 9.84 Å². The van der Waals surface area contributed by atoms with Crippen LogP contribution in [0, 0.1) is 0 Å². The predicted molar refractivity (Wildman–Crippen MR) is 60.2 cm³/mol. The van der Waals surface area contributed by atoms with E-state index in [4.69, 9.17) is 0 Å². The van der Waals surface area contributed by atoms with Gasteiger partial charge in [0.05, 0.1) is 11.5 Å². The first-order valence-electron chi connectivity index (χ1n) is 4.51. The molecule has 0 amide bonds. The average Bonchev–Trinajstić information content (AvgIpc) is 2.25. The standard InChI is InChI=1S/C10H11BrO2S/c11-10-5-6-14(12,13)7-8-3-1-2-4-9(8)10/h1-4,10H,5-7H2. The SMILES string of the molecule is O=S1(=O)CCC(Br)c2ccccc2C1. The summed E-state index contributed by atoms with van der Waals surface area (Å²) in [6.45, 7) is 0. The Bertz CT molecular complexity index is 439. The molecule has 1 unspecified atom stereocenters. The molecule has 1 aromatic rings. The summed E-state index contributed by atoms with van der Waals surface area (Å²) in [6, 6.07) is 7.73. The molecule has 1 heterocycles. The molecule has 76 valence electrons. The lowest BCUT2D eigenvalue weighted by Gasteiger charge is -2.08. The highest BCUT2D eigenvalue weighted by molar-refractivity contribution is 9.09. The second-order valence-corrected chi connectivity index (χ2v) is 6.84. The summed E-state index contributed by atoms with van der Waals surface area (Å²) in [4.78, 5) is 0.177. The van der Waals surface area contributed by atoms with E-state index in [1.165, 1.54) is 0 Å². The topological polar surface area (TPSA) is 34.1 Å². The number of halogens is 1. The van der Waals surface area contributed by atoms with Gasteiger partial charge in [-0.15, -0.1) is 0 Å². The molecule has 0 bridgehead atoms. The maximum absolute atomic E-state index is 11.6. The summed E-state index contributed by atoms with van der Waals surface area (Å²) in [5.74, 6) is 0.461. The lowest BCUT2D eigenvalue weighted by molar-refractivity contribution is 0.594. The summed E-state index contributed by atoms with van der Waals surface area (Å²) in [5.41, 5.74) is 2.06. The fourth-order valence-corrected chi connectivity index (χ4v) is 4.17. The van der Waals surface area contributed by atoms with Crippen LogP contribution in [-0.4, -0.2) is 14.2 Å². The van der Waals surface area contributed by atoms with Crippen molar-refractivity contribution in [3.8, 4) is 0 Å². The van der Waals surface area contributed by atoms with Crippen LogP contribution in [0.2, 0.25) is 0 Å². The molecule has 0 saturated heterocycles. The van der Waals surface area contributed by atoms with Gasteiger partial charge >= 0.3 is 0 Å². The van der Waals surface area contributed by atoms with Crippen LogP contribution in [0.15, 0.2) is 24.3 Å². The number of sulfone groups is 1. The molecule has 1 aliphatic rings. The van der Waals surface area contributed by atoms with Gasteiger partial charge < -0.3 is 0 Å². The van der Waals surface area contributed by atoms with Gasteiger partial charge in [0.1, 0.15) is 0 Å². The normalized spacial score (nSPS) is 25.1. The van der Waals surface area contributed by atoms with E-state index in [-0.39, 0.29) is 16.3 Å². The van der Waals surface area contributed by atoms with Crippen LogP contribution in [0.25, 0.3) is 0 Å². The molecule has 1 aliphatic heterocycles. The van der Waals surface area contributed by atoms with Gasteiger partial charge in [-0.3, -0.25) is 0 Å². The first-order valence-corrected chi connectivity index (χ1v) is 7.24. The Kier molecular flexibility index (Phi) is 2.66. The Hall–Kier alpha value is -0.350. The number of hydrogen-bond acceptors (Lipinski definition) is 2. The summed E-state index contributed by atoms with van der Waals surface area (Å²) < 4.78 is 23.1. The van der Waals surface area contributed by atoms with Gasteiger partial charge in [0.25, 0.3) is 0 Å². The van der Waals surface area contributed by atoms with E-state index in [9.17, 15) is 8.42 Å². The summed E-state index contributed by atoms with van der Waals surface area (Å²) in [7, 11) is -2.90. The first-order chi connectivity index (χ1) is 6.58. The Labute approximate surface area is 92.4 Å². The van der Waals surface area contributed by atoms with Crippen LogP contribution in [0.4, 0.5) is 0 Å². The van der Waals surface area contributed by atoms with Gasteiger partial charge in [0, 0.05) is 4.83 Å². The van der Waals surface area contributed by atoms with Crippen molar-refractivity contribution >= 4 is 25.8 Å². The van der Waals surface area contributed by atoms with Crippen molar-refractivity contribution in [1.29, 1.82) is 0 Å². The Morgan fingerprint density at radius 1 is 1.29 bits per heavy atom. The van der Waals surface area contributed by atoms with Crippen molar-refractivity contribution in [3.05, 3.63) is 35.4 Å². The van der Waals surface area contributed by atoms with Gasteiger partial charge in [-0.05, 0) is 17.5 Å². The van der Waals surface area contributed by atoms with E-state index in [1.807, 2.05) is 24.3 Å². The third-order valence-electron chi connectivity index (χ3n) is 2.45. The van der Waals surface area contributed by atoms with Crippen LogP contribution in [-0.2, 0) is 15.6 Å². The largest absolute Gasteiger partial charge is 0.228 e. The smallest absolute Gasteiger partial charge is 0.154 e. The Balaban J connectivity index is 2.51. The third-order valence-corrected chi connectivity index (χ3v) is 5.01. The molecule has 0 aromatic heterocycles. The second-order valence-electron chi connectivity index (χ2n) is 3.55. The molecule has 0 N–H and O–H groups in total. The van der Waals surface area contributed by atoms with Gasteiger partial charge in [-0.25, -0.2) is 8.42 Å². The van der Waals surface area contributed by atoms with Gasteiger partial charge in [-0.2, -0.15) is 0 Å². The van der Waals surface area contributed by atoms with Crippen LogP contribution in [0.1, 0.15) is 22.4 Å². The van der Waals surface area contributed by atoms with Crippen molar-refractivity contribution in [2.75, 3.05) is 5.75 Å².